The van der Waals surface area contributed by atoms with Gasteiger partial charge in [0.15, 0.2) is 0 Å². The Hall–Kier alpha value is -1.19. The minimum absolute atomic E-state index is 0.138. The molecule has 2 rings (SSSR count). The highest BCUT2D eigenvalue weighted by atomic mass is 19.4. The first-order chi connectivity index (χ1) is 9.48. The van der Waals surface area contributed by atoms with Crippen molar-refractivity contribution in [3.63, 3.8) is 0 Å². The zero-order valence-corrected chi connectivity index (χ0v) is 11.7. The molecule has 20 heavy (non-hydrogen) atoms. The lowest BCUT2D eigenvalue weighted by molar-refractivity contribution is -0.274. The first kappa shape index (κ1) is 15.2. The van der Waals surface area contributed by atoms with E-state index in [0.717, 1.165) is 24.3 Å². The Morgan fingerprint density at radius 2 is 1.65 bits per heavy atom. The fourth-order valence-electron chi connectivity index (χ4n) is 3.13. The van der Waals surface area contributed by atoms with Crippen LogP contribution < -0.4 is 4.74 Å². The molecule has 1 fully saturated rings. The van der Waals surface area contributed by atoms with E-state index in [2.05, 4.69) is 11.7 Å². The van der Waals surface area contributed by atoms with Crippen LogP contribution in [0.5, 0.6) is 5.75 Å². The topological polar surface area (TPSA) is 9.23 Å². The molecule has 0 bridgehead atoms. The molecule has 1 aliphatic carbocycles. The van der Waals surface area contributed by atoms with Crippen molar-refractivity contribution in [3.8, 4) is 5.75 Å². The molecular formula is C16H21F3O. The van der Waals surface area contributed by atoms with Crippen LogP contribution >= 0.6 is 0 Å². The molecule has 0 amide bonds. The van der Waals surface area contributed by atoms with Gasteiger partial charge in [-0.25, -0.2) is 0 Å². The summed E-state index contributed by atoms with van der Waals surface area (Å²) in [6.45, 7) is 2.21. The molecule has 1 nitrogen and oxygen atoms in total. The summed E-state index contributed by atoms with van der Waals surface area (Å²) in [7, 11) is 0. The molecule has 0 radical (unpaired) electrons. The third-order valence-corrected chi connectivity index (χ3v) is 4.13. The summed E-state index contributed by atoms with van der Waals surface area (Å²) < 4.78 is 40.2. The number of hydrogen-bond acceptors (Lipinski definition) is 1. The van der Waals surface area contributed by atoms with E-state index in [9.17, 15) is 13.2 Å². The Morgan fingerprint density at radius 3 is 2.15 bits per heavy atom. The number of ether oxygens (including phenoxy) is 1. The minimum Gasteiger partial charge on any atom is -0.406 e. The van der Waals surface area contributed by atoms with Gasteiger partial charge in [0, 0.05) is 0 Å². The van der Waals surface area contributed by atoms with Crippen LogP contribution in [-0.4, -0.2) is 6.36 Å². The van der Waals surface area contributed by atoms with E-state index < -0.39 is 6.36 Å². The summed E-state index contributed by atoms with van der Waals surface area (Å²) in [6, 6.07) is 6.37. The molecular weight excluding hydrogens is 265 g/mol. The normalized spacial score (nSPS) is 23.6. The number of benzene rings is 1. The van der Waals surface area contributed by atoms with E-state index >= 15 is 0 Å². The van der Waals surface area contributed by atoms with Crippen molar-refractivity contribution >= 4 is 0 Å². The Balaban J connectivity index is 1.91. The van der Waals surface area contributed by atoms with E-state index in [1.54, 1.807) is 12.1 Å². The van der Waals surface area contributed by atoms with Gasteiger partial charge >= 0.3 is 6.36 Å². The fraction of sp³-hybridized carbons (Fsp3) is 0.625. The van der Waals surface area contributed by atoms with Gasteiger partial charge in [0.25, 0.3) is 0 Å². The number of hydrogen-bond donors (Lipinski definition) is 0. The summed E-state index contributed by atoms with van der Waals surface area (Å²) in [5.74, 6) is 1.19. The Morgan fingerprint density at radius 1 is 1.05 bits per heavy atom. The van der Waals surface area contributed by atoms with Crippen molar-refractivity contribution in [1.29, 1.82) is 0 Å². The van der Waals surface area contributed by atoms with Crippen molar-refractivity contribution in [1.82, 2.24) is 0 Å². The van der Waals surface area contributed by atoms with Gasteiger partial charge in [0.2, 0.25) is 0 Å². The second-order valence-corrected chi connectivity index (χ2v) is 5.62. The average Bonchev–Trinajstić information content (AvgIpc) is 2.39. The van der Waals surface area contributed by atoms with E-state index in [0.29, 0.717) is 5.92 Å². The van der Waals surface area contributed by atoms with Gasteiger partial charge < -0.3 is 4.74 Å². The second kappa shape index (κ2) is 6.51. The van der Waals surface area contributed by atoms with Crippen LogP contribution in [0.2, 0.25) is 0 Å². The van der Waals surface area contributed by atoms with Crippen LogP contribution in [0.15, 0.2) is 24.3 Å². The molecule has 1 aromatic carbocycles. The molecule has 0 atom stereocenters. The molecule has 112 valence electrons. The molecule has 0 spiro atoms. The van der Waals surface area contributed by atoms with Gasteiger partial charge in [-0.05, 0) is 55.2 Å². The Bertz CT molecular complexity index is 403. The van der Waals surface area contributed by atoms with Crippen LogP contribution in [0.1, 0.15) is 56.9 Å². The monoisotopic (exact) mass is 286 g/mol. The molecule has 0 heterocycles. The zero-order valence-electron chi connectivity index (χ0n) is 11.7. The molecule has 1 aromatic rings. The maximum atomic E-state index is 12.1. The van der Waals surface area contributed by atoms with E-state index in [1.165, 1.54) is 37.8 Å². The van der Waals surface area contributed by atoms with Crippen molar-refractivity contribution < 1.29 is 17.9 Å². The van der Waals surface area contributed by atoms with E-state index in [1.807, 2.05) is 0 Å². The van der Waals surface area contributed by atoms with Crippen LogP contribution in [0.3, 0.4) is 0 Å². The maximum absolute atomic E-state index is 12.1. The van der Waals surface area contributed by atoms with Crippen molar-refractivity contribution in [3.05, 3.63) is 29.8 Å². The summed E-state index contributed by atoms with van der Waals surface area (Å²) in [6.07, 6.45) is 2.68. The van der Waals surface area contributed by atoms with Crippen molar-refractivity contribution in [2.75, 3.05) is 0 Å². The summed E-state index contributed by atoms with van der Waals surface area (Å²) in [5, 5.41) is 0. The van der Waals surface area contributed by atoms with Crippen LogP contribution in [0.25, 0.3) is 0 Å². The largest absolute Gasteiger partial charge is 0.573 e. The fourth-order valence-corrected chi connectivity index (χ4v) is 3.13. The Labute approximate surface area is 118 Å². The molecule has 0 N–H and O–H groups in total. The number of alkyl halides is 3. The third-order valence-electron chi connectivity index (χ3n) is 4.13. The molecule has 0 saturated heterocycles. The minimum atomic E-state index is -4.61. The molecule has 4 heteroatoms. The molecule has 1 aliphatic rings. The van der Waals surface area contributed by atoms with Crippen molar-refractivity contribution in [2.45, 2.75) is 57.7 Å². The summed E-state index contributed by atoms with van der Waals surface area (Å²) in [4.78, 5) is 0. The number of halogens is 3. The molecule has 1 saturated carbocycles. The Kier molecular flexibility index (Phi) is 4.95. The first-order valence-corrected chi connectivity index (χ1v) is 7.33. The SMILES string of the molecule is CCCC1CCC(c2ccc(OC(F)(F)F)cc2)CC1. The second-order valence-electron chi connectivity index (χ2n) is 5.62. The lowest BCUT2D eigenvalue weighted by atomic mass is 9.77. The van der Waals surface area contributed by atoms with Crippen molar-refractivity contribution in [2.24, 2.45) is 5.92 Å². The van der Waals surface area contributed by atoms with Gasteiger partial charge in [-0.15, -0.1) is 13.2 Å². The lowest BCUT2D eigenvalue weighted by Gasteiger charge is -2.28. The summed E-state index contributed by atoms with van der Waals surface area (Å²) in [5.41, 5.74) is 1.13. The molecule has 0 aliphatic heterocycles. The number of rotatable bonds is 4. The standard InChI is InChI=1S/C16H21F3O/c1-2-3-12-4-6-13(7-5-12)14-8-10-15(11-9-14)20-16(17,18)19/h8-13H,2-7H2,1H3. The summed E-state index contributed by atoms with van der Waals surface area (Å²) >= 11 is 0. The first-order valence-electron chi connectivity index (χ1n) is 7.33. The highest BCUT2D eigenvalue weighted by Crippen LogP contribution is 2.38. The predicted molar refractivity (Wildman–Crippen MR) is 72.7 cm³/mol. The third kappa shape index (κ3) is 4.43. The van der Waals surface area contributed by atoms with Gasteiger partial charge in [-0.3, -0.25) is 0 Å². The predicted octanol–water partition coefficient (Wildman–Crippen LogP) is 5.66. The smallest absolute Gasteiger partial charge is 0.406 e. The average molecular weight is 286 g/mol. The lowest BCUT2D eigenvalue weighted by Crippen LogP contribution is -2.17. The van der Waals surface area contributed by atoms with Gasteiger partial charge in [-0.2, -0.15) is 0 Å². The van der Waals surface area contributed by atoms with Gasteiger partial charge in [-0.1, -0.05) is 31.9 Å². The highest BCUT2D eigenvalue weighted by molar-refractivity contribution is 5.29. The van der Waals surface area contributed by atoms with E-state index in [-0.39, 0.29) is 5.75 Å². The highest BCUT2D eigenvalue weighted by Gasteiger charge is 2.31. The maximum Gasteiger partial charge on any atom is 0.573 e. The van der Waals surface area contributed by atoms with Crippen LogP contribution in [0, 0.1) is 5.92 Å². The molecule has 0 unspecified atom stereocenters. The van der Waals surface area contributed by atoms with Gasteiger partial charge in [0.1, 0.15) is 5.75 Å². The van der Waals surface area contributed by atoms with E-state index in [4.69, 9.17) is 0 Å². The van der Waals surface area contributed by atoms with Crippen LogP contribution in [0.4, 0.5) is 13.2 Å². The zero-order chi connectivity index (χ0) is 14.6. The quantitative estimate of drug-likeness (QED) is 0.694. The molecule has 0 aromatic heterocycles. The van der Waals surface area contributed by atoms with Gasteiger partial charge in [0.05, 0.1) is 0 Å². The van der Waals surface area contributed by atoms with Crippen LogP contribution in [-0.2, 0) is 0 Å².